The summed E-state index contributed by atoms with van der Waals surface area (Å²) in [4.78, 5) is 11.9. The van der Waals surface area contributed by atoms with E-state index < -0.39 is 17.9 Å². The second kappa shape index (κ2) is 4.99. The number of amides is 1. The average molecular weight is 283 g/mol. The number of aryl methyl sites for hydroxylation is 2. The summed E-state index contributed by atoms with van der Waals surface area (Å²) in [6.45, 7) is 3.26. The molecule has 1 aromatic carbocycles. The monoisotopic (exact) mass is 283 g/mol. The molecule has 0 aliphatic carbocycles. The van der Waals surface area contributed by atoms with Gasteiger partial charge in [0.1, 0.15) is 0 Å². The maximum Gasteiger partial charge on any atom is 0.433 e. The molecule has 106 valence electrons. The standard InChI is InChI=1S/C13H12F3N3O/c1-8-3-5-10(6-4-8)17-12(20)19-11(13(14,15)16)7-9(2)18-19/h3-7H,1-2H3,(H,17,20). The first-order chi connectivity index (χ1) is 9.27. The van der Waals surface area contributed by atoms with Gasteiger partial charge in [-0.1, -0.05) is 17.7 Å². The zero-order valence-corrected chi connectivity index (χ0v) is 10.8. The third-order valence-corrected chi connectivity index (χ3v) is 2.62. The Balaban J connectivity index is 2.28. The summed E-state index contributed by atoms with van der Waals surface area (Å²) in [6.07, 6.45) is -4.63. The third-order valence-electron chi connectivity index (χ3n) is 2.62. The Morgan fingerprint density at radius 2 is 1.80 bits per heavy atom. The summed E-state index contributed by atoms with van der Waals surface area (Å²) < 4.78 is 38.6. The van der Waals surface area contributed by atoms with Crippen LogP contribution in [-0.2, 0) is 6.18 Å². The van der Waals surface area contributed by atoms with Crippen molar-refractivity contribution in [1.82, 2.24) is 9.78 Å². The van der Waals surface area contributed by atoms with E-state index in [-0.39, 0.29) is 5.69 Å². The molecule has 0 saturated carbocycles. The van der Waals surface area contributed by atoms with Crippen LogP contribution in [-0.4, -0.2) is 15.8 Å². The van der Waals surface area contributed by atoms with Crippen molar-refractivity contribution < 1.29 is 18.0 Å². The molecular weight excluding hydrogens is 271 g/mol. The molecule has 20 heavy (non-hydrogen) atoms. The van der Waals surface area contributed by atoms with Crippen LogP contribution in [0, 0.1) is 13.8 Å². The normalized spacial score (nSPS) is 11.4. The fourth-order valence-electron chi connectivity index (χ4n) is 1.67. The van der Waals surface area contributed by atoms with Gasteiger partial charge in [-0.3, -0.25) is 0 Å². The first-order valence-electron chi connectivity index (χ1n) is 5.79. The molecule has 4 nitrogen and oxygen atoms in total. The van der Waals surface area contributed by atoms with Crippen LogP contribution >= 0.6 is 0 Å². The van der Waals surface area contributed by atoms with E-state index in [1.807, 2.05) is 6.92 Å². The highest BCUT2D eigenvalue weighted by molar-refractivity contribution is 5.91. The van der Waals surface area contributed by atoms with Crippen molar-refractivity contribution in [3.63, 3.8) is 0 Å². The molecule has 1 N–H and O–H groups in total. The minimum absolute atomic E-state index is 0.122. The third kappa shape index (κ3) is 2.98. The van der Waals surface area contributed by atoms with E-state index in [1.165, 1.54) is 6.92 Å². The highest BCUT2D eigenvalue weighted by Gasteiger charge is 2.37. The van der Waals surface area contributed by atoms with Crippen LogP contribution in [0.5, 0.6) is 0 Å². The van der Waals surface area contributed by atoms with E-state index in [9.17, 15) is 18.0 Å². The van der Waals surface area contributed by atoms with Gasteiger partial charge in [-0.25, -0.2) is 4.79 Å². The zero-order valence-electron chi connectivity index (χ0n) is 10.8. The fraction of sp³-hybridized carbons (Fsp3) is 0.231. The number of alkyl halides is 3. The lowest BCUT2D eigenvalue weighted by Crippen LogP contribution is -2.26. The topological polar surface area (TPSA) is 46.9 Å². The molecule has 1 aromatic heterocycles. The molecule has 7 heteroatoms. The minimum Gasteiger partial charge on any atom is -0.306 e. The quantitative estimate of drug-likeness (QED) is 0.869. The number of rotatable bonds is 1. The van der Waals surface area contributed by atoms with Crippen molar-refractivity contribution in [2.75, 3.05) is 5.32 Å². The van der Waals surface area contributed by atoms with Gasteiger partial charge in [0.05, 0.1) is 5.69 Å². The number of carbonyl (C=O) groups excluding carboxylic acids is 1. The number of carbonyl (C=O) groups is 1. The Morgan fingerprint density at radius 3 is 2.35 bits per heavy atom. The number of benzene rings is 1. The van der Waals surface area contributed by atoms with Gasteiger partial charge in [-0.2, -0.15) is 23.0 Å². The van der Waals surface area contributed by atoms with E-state index >= 15 is 0 Å². The highest BCUT2D eigenvalue weighted by atomic mass is 19.4. The number of halogens is 3. The Labute approximate surface area is 113 Å². The molecule has 0 bridgehead atoms. The van der Waals surface area contributed by atoms with Crippen LogP contribution in [0.25, 0.3) is 0 Å². The van der Waals surface area contributed by atoms with Crippen LogP contribution < -0.4 is 5.32 Å². The molecule has 0 radical (unpaired) electrons. The van der Waals surface area contributed by atoms with Crippen LogP contribution in [0.1, 0.15) is 17.0 Å². The van der Waals surface area contributed by atoms with Gasteiger partial charge in [0, 0.05) is 5.69 Å². The van der Waals surface area contributed by atoms with Crippen LogP contribution in [0.2, 0.25) is 0 Å². The molecule has 0 aliphatic rings. The lowest BCUT2D eigenvalue weighted by molar-refractivity contribution is -0.142. The van der Waals surface area contributed by atoms with Gasteiger partial charge in [-0.05, 0) is 32.0 Å². The molecule has 0 spiro atoms. The largest absolute Gasteiger partial charge is 0.433 e. The number of anilines is 1. The van der Waals surface area contributed by atoms with E-state index in [0.717, 1.165) is 11.6 Å². The number of nitrogens with zero attached hydrogens (tertiary/aromatic N) is 2. The van der Waals surface area contributed by atoms with Crippen molar-refractivity contribution >= 4 is 11.7 Å². The SMILES string of the molecule is Cc1ccc(NC(=O)n2nc(C)cc2C(F)(F)F)cc1. The van der Waals surface area contributed by atoms with Crippen LogP contribution in [0.3, 0.4) is 0 Å². The number of hydrogen-bond donors (Lipinski definition) is 1. The highest BCUT2D eigenvalue weighted by Crippen LogP contribution is 2.29. The molecule has 0 aliphatic heterocycles. The minimum atomic E-state index is -4.63. The van der Waals surface area contributed by atoms with Gasteiger partial charge < -0.3 is 5.32 Å². The predicted octanol–water partition coefficient (Wildman–Crippen LogP) is 3.60. The Bertz CT molecular complexity index is 629. The van der Waals surface area contributed by atoms with Gasteiger partial charge in [0.15, 0.2) is 5.69 Å². The summed E-state index contributed by atoms with van der Waals surface area (Å²) in [5, 5.41) is 5.95. The van der Waals surface area contributed by atoms with Gasteiger partial charge in [-0.15, -0.1) is 0 Å². The molecular formula is C13H12F3N3O. The van der Waals surface area contributed by atoms with E-state index in [0.29, 0.717) is 10.4 Å². The summed E-state index contributed by atoms with van der Waals surface area (Å²) in [5.74, 6) is 0. The van der Waals surface area contributed by atoms with E-state index in [1.54, 1.807) is 24.3 Å². The van der Waals surface area contributed by atoms with Crippen molar-refractivity contribution in [3.8, 4) is 0 Å². The Morgan fingerprint density at radius 1 is 1.20 bits per heavy atom. The lowest BCUT2D eigenvalue weighted by atomic mass is 10.2. The predicted molar refractivity (Wildman–Crippen MR) is 67.6 cm³/mol. The number of aromatic nitrogens is 2. The molecule has 0 atom stereocenters. The maximum absolute atomic E-state index is 12.8. The smallest absolute Gasteiger partial charge is 0.306 e. The fourth-order valence-corrected chi connectivity index (χ4v) is 1.67. The van der Waals surface area contributed by atoms with Crippen LogP contribution in [0.4, 0.5) is 23.7 Å². The Hall–Kier alpha value is -2.31. The van der Waals surface area contributed by atoms with Gasteiger partial charge in [0.2, 0.25) is 0 Å². The zero-order chi connectivity index (χ0) is 14.9. The molecule has 2 rings (SSSR count). The second-order valence-electron chi connectivity index (χ2n) is 4.38. The Kier molecular flexibility index (Phi) is 3.52. The first-order valence-corrected chi connectivity index (χ1v) is 5.79. The van der Waals surface area contributed by atoms with Crippen molar-refractivity contribution in [3.05, 3.63) is 47.3 Å². The number of hydrogen-bond acceptors (Lipinski definition) is 2. The van der Waals surface area contributed by atoms with Crippen molar-refractivity contribution in [2.45, 2.75) is 20.0 Å². The maximum atomic E-state index is 12.8. The molecule has 1 amide bonds. The molecule has 1 heterocycles. The van der Waals surface area contributed by atoms with Gasteiger partial charge >= 0.3 is 12.2 Å². The number of nitrogens with one attached hydrogen (secondary N) is 1. The second-order valence-corrected chi connectivity index (χ2v) is 4.38. The summed E-state index contributed by atoms with van der Waals surface area (Å²) in [7, 11) is 0. The summed E-state index contributed by atoms with van der Waals surface area (Å²) in [6, 6.07) is 6.58. The molecule has 2 aromatic rings. The van der Waals surface area contributed by atoms with Crippen LogP contribution in [0.15, 0.2) is 30.3 Å². The lowest BCUT2D eigenvalue weighted by Gasteiger charge is -2.10. The molecule has 0 saturated heterocycles. The van der Waals surface area contributed by atoms with Gasteiger partial charge in [0.25, 0.3) is 0 Å². The van der Waals surface area contributed by atoms with Crippen molar-refractivity contribution in [1.29, 1.82) is 0 Å². The van der Waals surface area contributed by atoms with E-state index in [2.05, 4.69) is 10.4 Å². The van der Waals surface area contributed by atoms with E-state index in [4.69, 9.17) is 0 Å². The average Bonchev–Trinajstić information content (AvgIpc) is 2.74. The van der Waals surface area contributed by atoms with Crippen molar-refractivity contribution in [2.24, 2.45) is 0 Å². The molecule has 0 fully saturated rings. The summed E-state index contributed by atoms with van der Waals surface area (Å²) >= 11 is 0. The summed E-state index contributed by atoms with van der Waals surface area (Å²) in [5.41, 5.74) is 0.409. The molecule has 0 unspecified atom stereocenters. The first kappa shape index (κ1) is 14.1.